The third-order valence-electron chi connectivity index (χ3n) is 5.02. The van der Waals surface area contributed by atoms with Gasteiger partial charge in [-0.25, -0.2) is 10.1 Å². The summed E-state index contributed by atoms with van der Waals surface area (Å²) < 4.78 is 18.4. The van der Waals surface area contributed by atoms with Gasteiger partial charge in [0, 0.05) is 10.5 Å². The quantitative estimate of drug-likeness (QED) is 0.407. The number of benzene rings is 2. The van der Waals surface area contributed by atoms with E-state index in [1.54, 1.807) is 19.1 Å². The van der Waals surface area contributed by atoms with E-state index in [0.29, 0.717) is 27.6 Å². The van der Waals surface area contributed by atoms with Crippen LogP contribution in [0.3, 0.4) is 0 Å². The predicted molar refractivity (Wildman–Crippen MR) is 123 cm³/mol. The maximum Gasteiger partial charge on any atom is 0.160 e. The Morgan fingerprint density at radius 3 is 2.13 bits per heavy atom. The van der Waals surface area contributed by atoms with E-state index in [9.17, 15) is 9.00 Å². The molecule has 0 fully saturated rings. The number of rotatable bonds is 6. The van der Waals surface area contributed by atoms with Crippen molar-refractivity contribution in [2.75, 3.05) is 12.1 Å². The Balaban J connectivity index is 2.42. The fourth-order valence-electron chi connectivity index (χ4n) is 3.04. The molecule has 7 heteroatoms. The summed E-state index contributed by atoms with van der Waals surface area (Å²) in [4.78, 5) is 12.4. The van der Waals surface area contributed by atoms with Gasteiger partial charge in [0.1, 0.15) is 21.6 Å². The van der Waals surface area contributed by atoms with Crippen LogP contribution in [0.25, 0.3) is 0 Å². The van der Waals surface area contributed by atoms with Crippen LogP contribution < -0.4 is 21.3 Å². The molecule has 162 valence electrons. The number of carbonyl (C=O) groups excluding carboxylic acids is 1. The Labute approximate surface area is 181 Å². The van der Waals surface area contributed by atoms with E-state index in [4.69, 9.17) is 16.3 Å². The number of allylic oxidation sites excluding steroid dienone is 1. The second-order valence-corrected chi connectivity index (χ2v) is 9.71. The Hall–Kier alpha value is -2.64. The Morgan fingerprint density at radius 2 is 1.67 bits per heavy atom. The minimum atomic E-state index is -1.57. The fraction of sp³-hybridized carbons (Fsp3) is 0.348. The predicted octanol–water partition coefficient (Wildman–Crippen LogP) is 4.14. The van der Waals surface area contributed by atoms with E-state index in [1.807, 2.05) is 31.2 Å². The lowest BCUT2D eigenvalue weighted by molar-refractivity contribution is 0.101. The highest BCUT2D eigenvalue weighted by Gasteiger charge is 2.20. The molecule has 30 heavy (non-hydrogen) atoms. The number of carbonyl (C=O) groups is 1. The number of aryl methyl sites for hydroxylation is 1. The van der Waals surface area contributed by atoms with Gasteiger partial charge in [0.05, 0.1) is 18.5 Å². The van der Waals surface area contributed by atoms with Gasteiger partial charge >= 0.3 is 0 Å². The van der Waals surface area contributed by atoms with Crippen molar-refractivity contribution in [1.29, 1.82) is 0 Å². The van der Waals surface area contributed by atoms with Crippen LogP contribution in [0.2, 0.25) is 0 Å². The molecular formula is C23H31N3O3S. The van der Waals surface area contributed by atoms with E-state index in [1.165, 1.54) is 19.0 Å². The first kappa shape index (κ1) is 23.6. The van der Waals surface area contributed by atoms with Crippen LogP contribution in [0.4, 0.5) is 5.69 Å². The molecule has 0 heterocycles. The van der Waals surface area contributed by atoms with Crippen molar-refractivity contribution in [2.24, 2.45) is 11.6 Å². The molecule has 4 N–H and O–H groups in total. The number of nitrogens with two attached hydrogens (primary N) is 2. The zero-order valence-electron chi connectivity index (χ0n) is 18.7. The number of ether oxygens (including phenoxy) is 1. The summed E-state index contributed by atoms with van der Waals surface area (Å²) >= 11 is 0. The van der Waals surface area contributed by atoms with E-state index < -0.39 is 10.8 Å². The van der Waals surface area contributed by atoms with Gasteiger partial charge in [0.2, 0.25) is 0 Å². The average Bonchev–Trinajstić information content (AvgIpc) is 2.70. The number of hydrogen-bond acceptors (Lipinski definition) is 6. The molecule has 0 aliphatic carbocycles. The number of nitrogens with zero attached hydrogens (tertiary/aromatic N) is 1. The van der Waals surface area contributed by atoms with Crippen molar-refractivity contribution < 1.29 is 13.7 Å². The zero-order chi connectivity index (χ0) is 22.8. The minimum Gasteiger partial charge on any atom is -0.494 e. The van der Waals surface area contributed by atoms with Gasteiger partial charge in [0.15, 0.2) is 5.78 Å². The maximum absolute atomic E-state index is 13.0. The molecule has 2 aromatic carbocycles. The van der Waals surface area contributed by atoms with Gasteiger partial charge in [-0.05, 0) is 61.6 Å². The number of ketones is 1. The maximum atomic E-state index is 13.0. The van der Waals surface area contributed by atoms with Crippen LogP contribution in [0.1, 0.15) is 56.1 Å². The molecule has 0 spiro atoms. The van der Waals surface area contributed by atoms with Gasteiger partial charge in [-0.2, -0.15) is 0 Å². The largest absolute Gasteiger partial charge is 0.494 e. The number of hydrazine groups is 1. The molecule has 0 radical (unpaired) electrons. The molecule has 0 aliphatic rings. The molecule has 0 saturated carbocycles. The number of hydrogen-bond donors (Lipinski definition) is 2. The summed E-state index contributed by atoms with van der Waals surface area (Å²) in [5.74, 6) is 6.67. The third kappa shape index (κ3) is 4.91. The van der Waals surface area contributed by atoms with Crippen LogP contribution >= 0.6 is 0 Å². The molecule has 6 nitrogen and oxygen atoms in total. The first-order valence-corrected chi connectivity index (χ1v) is 10.8. The van der Waals surface area contributed by atoms with Crippen LogP contribution in [-0.2, 0) is 16.2 Å². The summed E-state index contributed by atoms with van der Waals surface area (Å²) in [6, 6.07) is 11.0. The highest BCUT2D eigenvalue weighted by Crippen LogP contribution is 2.33. The third-order valence-corrected chi connectivity index (χ3v) is 6.41. The molecule has 0 amide bonds. The van der Waals surface area contributed by atoms with Crippen molar-refractivity contribution in [3.8, 4) is 5.75 Å². The molecule has 2 rings (SSSR count). The van der Waals surface area contributed by atoms with Crippen molar-refractivity contribution >= 4 is 22.3 Å². The summed E-state index contributed by atoms with van der Waals surface area (Å²) in [6.07, 6.45) is 0. The van der Waals surface area contributed by atoms with Crippen LogP contribution in [-0.4, -0.2) is 17.1 Å². The number of Topliss-reactive ketones (excluding diaryl/α,β-unsaturated/α-hetero) is 1. The summed E-state index contributed by atoms with van der Waals surface area (Å²) in [6.45, 7) is 11.4. The number of anilines is 1. The van der Waals surface area contributed by atoms with E-state index in [0.717, 1.165) is 11.1 Å². The molecule has 1 unspecified atom stereocenters. The van der Waals surface area contributed by atoms with Crippen LogP contribution in [0.15, 0.2) is 52.0 Å². The van der Waals surface area contributed by atoms with Crippen molar-refractivity contribution in [3.05, 3.63) is 63.8 Å². The monoisotopic (exact) mass is 429 g/mol. The smallest absolute Gasteiger partial charge is 0.160 e. The summed E-state index contributed by atoms with van der Waals surface area (Å²) in [5, 5.41) is 1.49. The Kier molecular flexibility index (Phi) is 7.10. The number of methoxy groups -OCH3 is 1. The molecule has 0 saturated heterocycles. The zero-order valence-corrected chi connectivity index (χ0v) is 19.5. The van der Waals surface area contributed by atoms with Gasteiger partial charge < -0.3 is 10.5 Å². The minimum absolute atomic E-state index is 0.00578. The SMILES string of the molecule is COc1cc(C(C)=O)c(C)cc1N(N)/C(C)=C(\N)S(=O)c1ccc(C(C)(C)C)cc1. The molecule has 1 atom stereocenters. The van der Waals surface area contributed by atoms with E-state index in [2.05, 4.69) is 20.8 Å². The average molecular weight is 430 g/mol. The van der Waals surface area contributed by atoms with Crippen molar-refractivity contribution in [3.63, 3.8) is 0 Å². The molecule has 2 aromatic rings. The first-order valence-electron chi connectivity index (χ1n) is 9.61. The van der Waals surface area contributed by atoms with Gasteiger partial charge in [0.25, 0.3) is 0 Å². The molecule has 0 aromatic heterocycles. The normalized spacial score (nSPS) is 13.5. The van der Waals surface area contributed by atoms with Gasteiger partial charge in [-0.1, -0.05) is 32.9 Å². The Bertz CT molecular complexity index is 1010. The summed E-state index contributed by atoms with van der Waals surface area (Å²) in [7, 11) is -0.0693. The van der Waals surface area contributed by atoms with Gasteiger partial charge in [-0.15, -0.1) is 0 Å². The Morgan fingerprint density at radius 1 is 1.10 bits per heavy atom. The fourth-order valence-corrected chi connectivity index (χ4v) is 4.05. The second kappa shape index (κ2) is 9.02. The van der Waals surface area contributed by atoms with Crippen molar-refractivity contribution in [2.45, 2.75) is 51.9 Å². The first-order chi connectivity index (χ1) is 13.9. The lowest BCUT2D eigenvalue weighted by atomic mass is 9.87. The van der Waals surface area contributed by atoms with E-state index >= 15 is 0 Å². The molecular weight excluding hydrogens is 398 g/mol. The second-order valence-electron chi connectivity index (χ2n) is 8.26. The van der Waals surface area contributed by atoms with Crippen LogP contribution in [0.5, 0.6) is 5.75 Å². The van der Waals surface area contributed by atoms with Crippen LogP contribution in [0, 0.1) is 6.92 Å². The van der Waals surface area contributed by atoms with Gasteiger partial charge in [-0.3, -0.25) is 9.80 Å². The lowest BCUT2D eigenvalue weighted by Crippen LogP contribution is -2.32. The standard InChI is InChI=1S/C23H31N3O3S/c1-14-12-20(21(29-7)13-19(14)16(3)27)26(25)15(2)22(24)30(28)18-10-8-17(9-11-18)23(4,5)6/h8-13H,24-25H2,1-7H3/b22-15+. The highest BCUT2D eigenvalue weighted by atomic mass is 32.2. The topological polar surface area (TPSA) is 98.7 Å². The lowest BCUT2D eigenvalue weighted by Gasteiger charge is -2.24. The summed E-state index contributed by atoms with van der Waals surface area (Å²) in [5.41, 5.74) is 9.66. The highest BCUT2D eigenvalue weighted by molar-refractivity contribution is 7.89. The molecule has 0 aliphatic heterocycles. The molecule has 0 bridgehead atoms. The van der Waals surface area contributed by atoms with Crippen molar-refractivity contribution in [1.82, 2.24) is 0 Å². The van der Waals surface area contributed by atoms with E-state index in [-0.39, 0.29) is 16.2 Å².